The van der Waals surface area contributed by atoms with Crippen molar-refractivity contribution in [3.63, 3.8) is 0 Å². The molecule has 5 heteroatoms. The highest BCUT2D eigenvalue weighted by atomic mass is 16.5. The van der Waals surface area contributed by atoms with E-state index in [0.717, 1.165) is 69.6 Å². The Morgan fingerprint density at radius 1 is 0.730 bits per heavy atom. The number of fused-ring (bicyclic) bond motifs is 1. The maximum absolute atomic E-state index is 6.76. The van der Waals surface area contributed by atoms with Gasteiger partial charge in [0.15, 0.2) is 23.0 Å². The van der Waals surface area contributed by atoms with Crippen molar-refractivity contribution >= 4 is 0 Å². The highest BCUT2D eigenvalue weighted by Crippen LogP contribution is 2.52. The topological polar surface area (TPSA) is 46.2 Å². The van der Waals surface area contributed by atoms with Crippen molar-refractivity contribution in [3.05, 3.63) is 50.3 Å². The molecule has 5 nitrogen and oxygen atoms in total. The maximum atomic E-state index is 6.76. The van der Waals surface area contributed by atoms with Gasteiger partial charge in [-0.05, 0) is 96.1 Å². The third kappa shape index (κ3) is 5.02. The van der Waals surface area contributed by atoms with E-state index in [1.54, 1.807) is 14.2 Å². The standard InChI is InChI=1S/C32H46O5/c1-13-35-31-23(9)26-19(5)21(7)27(37-28(26)24(10)32(31)36-14-2)17(3)15-16-25-18(4)20(6)29(33-11)30(34-12)22(25)8/h17,19H,13-16H2,1-12H3. The number of rotatable bonds is 10. The zero-order chi connectivity index (χ0) is 27.6. The van der Waals surface area contributed by atoms with Gasteiger partial charge in [-0.15, -0.1) is 0 Å². The number of benzene rings is 2. The molecule has 2 aromatic carbocycles. The van der Waals surface area contributed by atoms with Crippen molar-refractivity contribution in [3.8, 4) is 28.7 Å². The van der Waals surface area contributed by atoms with E-state index in [2.05, 4.69) is 55.4 Å². The zero-order valence-corrected chi connectivity index (χ0v) is 25.0. The van der Waals surface area contributed by atoms with Crippen LogP contribution in [0.1, 0.15) is 85.9 Å². The van der Waals surface area contributed by atoms with Crippen LogP contribution >= 0.6 is 0 Å². The second kappa shape index (κ2) is 11.7. The van der Waals surface area contributed by atoms with Crippen molar-refractivity contribution in [1.82, 2.24) is 0 Å². The van der Waals surface area contributed by atoms with Gasteiger partial charge in [-0.25, -0.2) is 0 Å². The van der Waals surface area contributed by atoms with Gasteiger partial charge in [-0.2, -0.15) is 0 Å². The van der Waals surface area contributed by atoms with Gasteiger partial charge >= 0.3 is 0 Å². The predicted octanol–water partition coefficient (Wildman–Crippen LogP) is 8.08. The highest BCUT2D eigenvalue weighted by Gasteiger charge is 2.33. The average molecular weight is 511 g/mol. The summed E-state index contributed by atoms with van der Waals surface area (Å²) in [6, 6.07) is 0. The van der Waals surface area contributed by atoms with Gasteiger partial charge in [0, 0.05) is 28.5 Å². The fraction of sp³-hybridized carbons (Fsp3) is 0.562. The van der Waals surface area contributed by atoms with Crippen LogP contribution in [0.15, 0.2) is 11.3 Å². The summed E-state index contributed by atoms with van der Waals surface area (Å²) in [7, 11) is 3.42. The first-order chi connectivity index (χ1) is 17.5. The largest absolute Gasteiger partial charge is 0.493 e. The normalized spacial score (nSPS) is 15.7. The van der Waals surface area contributed by atoms with Gasteiger partial charge < -0.3 is 23.7 Å². The Morgan fingerprint density at radius 3 is 1.81 bits per heavy atom. The van der Waals surface area contributed by atoms with Crippen molar-refractivity contribution in [2.45, 2.75) is 88.0 Å². The zero-order valence-electron chi connectivity index (χ0n) is 25.0. The molecule has 0 N–H and O–H groups in total. The predicted molar refractivity (Wildman–Crippen MR) is 151 cm³/mol. The SMILES string of the molecule is CCOc1c(C)c2c(c(C)c1OCC)C(C)C(C)=C(C(C)CCc1c(C)c(C)c(OC)c(OC)c1C)O2. The Bertz CT molecular complexity index is 1190. The summed E-state index contributed by atoms with van der Waals surface area (Å²) >= 11 is 0. The molecule has 2 atom stereocenters. The molecule has 2 aromatic rings. The Morgan fingerprint density at radius 2 is 1.27 bits per heavy atom. The van der Waals surface area contributed by atoms with Gasteiger partial charge in [-0.3, -0.25) is 0 Å². The number of hydrogen-bond donors (Lipinski definition) is 0. The fourth-order valence-electron chi connectivity index (χ4n) is 5.85. The van der Waals surface area contributed by atoms with E-state index < -0.39 is 0 Å². The number of ether oxygens (including phenoxy) is 5. The minimum Gasteiger partial charge on any atom is -0.493 e. The molecule has 0 aliphatic carbocycles. The average Bonchev–Trinajstić information content (AvgIpc) is 2.87. The van der Waals surface area contributed by atoms with Gasteiger partial charge in [0.25, 0.3) is 0 Å². The van der Waals surface area contributed by atoms with Crippen LogP contribution in [-0.4, -0.2) is 27.4 Å². The molecule has 0 amide bonds. The first-order valence-corrected chi connectivity index (χ1v) is 13.6. The maximum Gasteiger partial charge on any atom is 0.168 e. The van der Waals surface area contributed by atoms with Crippen molar-refractivity contribution in [2.24, 2.45) is 5.92 Å². The summed E-state index contributed by atoms with van der Waals surface area (Å²) in [5, 5.41) is 0. The summed E-state index contributed by atoms with van der Waals surface area (Å²) in [4.78, 5) is 0. The molecule has 0 spiro atoms. The second-order valence-corrected chi connectivity index (χ2v) is 10.2. The van der Waals surface area contributed by atoms with Gasteiger partial charge in [0.05, 0.1) is 27.4 Å². The third-order valence-corrected chi connectivity index (χ3v) is 8.18. The molecular weight excluding hydrogens is 464 g/mol. The number of hydrogen-bond acceptors (Lipinski definition) is 5. The quantitative estimate of drug-likeness (QED) is 0.323. The van der Waals surface area contributed by atoms with Gasteiger partial charge in [0.1, 0.15) is 11.5 Å². The number of allylic oxidation sites excluding steroid dienone is 2. The second-order valence-electron chi connectivity index (χ2n) is 10.2. The lowest BCUT2D eigenvalue weighted by molar-refractivity contribution is 0.275. The number of methoxy groups -OCH3 is 2. The lowest BCUT2D eigenvalue weighted by atomic mass is 9.82. The van der Waals surface area contributed by atoms with E-state index in [1.165, 1.54) is 22.3 Å². The van der Waals surface area contributed by atoms with Crippen LogP contribution in [0.4, 0.5) is 0 Å². The monoisotopic (exact) mass is 510 g/mol. The van der Waals surface area contributed by atoms with E-state index in [4.69, 9.17) is 23.7 Å². The van der Waals surface area contributed by atoms with Crippen LogP contribution in [0.25, 0.3) is 0 Å². The Balaban J connectivity index is 1.98. The molecule has 204 valence electrons. The van der Waals surface area contributed by atoms with E-state index in [-0.39, 0.29) is 11.8 Å². The van der Waals surface area contributed by atoms with Crippen LogP contribution < -0.4 is 23.7 Å². The molecule has 0 radical (unpaired) electrons. The smallest absolute Gasteiger partial charge is 0.168 e. The molecule has 0 aromatic heterocycles. The summed E-state index contributed by atoms with van der Waals surface area (Å²) in [6.07, 6.45) is 1.91. The molecule has 37 heavy (non-hydrogen) atoms. The van der Waals surface area contributed by atoms with Crippen LogP contribution in [0.3, 0.4) is 0 Å². The van der Waals surface area contributed by atoms with Crippen molar-refractivity contribution in [1.29, 1.82) is 0 Å². The molecule has 3 rings (SSSR count). The molecule has 2 unspecified atom stereocenters. The van der Waals surface area contributed by atoms with Crippen LogP contribution in [0.5, 0.6) is 28.7 Å². The molecule has 0 saturated heterocycles. The molecule has 1 aliphatic rings. The lowest BCUT2D eigenvalue weighted by Gasteiger charge is -2.34. The fourth-order valence-corrected chi connectivity index (χ4v) is 5.85. The summed E-state index contributed by atoms with van der Waals surface area (Å²) in [6.45, 7) is 22.6. The van der Waals surface area contributed by atoms with Crippen LogP contribution in [0, 0.1) is 40.5 Å². The molecule has 1 aliphatic heterocycles. The van der Waals surface area contributed by atoms with Crippen LogP contribution in [0.2, 0.25) is 0 Å². The van der Waals surface area contributed by atoms with Gasteiger partial charge in [-0.1, -0.05) is 13.8 Å². The van der Waals surface area contributed by atoms with E-state index in [1.807, 2.05) is 13.8 Å². The Hall–Kier alpha value is -2.82. The van der Waals surface area contributed by atoms with Crippen LogP contribution in [-0.2, 0) is 6.42 Å². The summed E-state index contributed by atoms with van der Waals surface area (Å²) in [5.74, 6) is 5.80. The van der Waals surface area contributed by atoms with E-state index in [9.17, 15) is 0 Å². The Labute approximate surface area is 224 Å². The summed E-state index contributed by atoms with van der Waals surface area (Å²) < 4.78 is 30.3. The molecular formula is C32H46O5. The Kier molecular flexibility index (Phi) is 9.09. The minimum absolute atomic E-state index is 0.238. The minimum atomic E-state index is 0.238. The molecule has 0 saturated carbocycles. The molecule has 0 fully saturated rings. The van der Waals surface area contributed by atoms with E-state index >= 15 is 0 Å². The van der Waals surface area contributed by atoms with E-state index in [0.29, 0.717) is 13.2 Å². The van der Waals surface area contributed by atoms with Crippen molar-refractivity contribution < 1.29 is 23.7 Å². The first kappa shape index (κ1) is 28.7. The third-order valence-electron chi connectivity index (χ3n) is 8.18. The van der Waals surface area contributed by atoms with Gasteiger partial charge in [0.2, 0.25) is 0 Å². The van der Waals surface area contributed by atoms with Crippen molar-refractivity contribution in [2.75, 3.05) is 27.4 Å². The summed E-state index contributed by atoms with van der Waals surface area (Å²) in [5.41, 5.74) is 9.50. The molecule has 0 bridgehead atoms. The lowest BCUT2D eigenvalue weighted by Crippen LogP contribution is -2.21. The first-order valence-electron chi connectivity index (χ1n) is 13.6. The molecule has 1 heterocycles. The highest BCUT2D eigenvalue weighted by molar-refractivity contribution is 5.66.